The van der Waals surface area contributed by atoms with Crippen molar-refractivity contribution in [1.82, 2.24) is 62.5 Å². The van der Waals surface area contributed by atoms with E-state index in [1.54, 1.807) is 24.3 Å². The Bertz CT molecular complexity index is 6690. The van der Waals surface area contributed by atoms with Gasteiger partial charge in [0.05, 0.1) is 51.6 Å². The number of nitrogens with one attached hydrogen (secondary N) is 4. The van der Waals surface area contributed by atoms with E-state index in [1.807, 2.05) is 61.5 Å². The number of nitrogens with zero attached hydrogens (tertiary/aromatic N) is 8. The number of alkyl halides is 3. The summed E-state index contributed by atoms with van der Waals surface area (Å²) < 4.78 is 215. The smallest absolute Gasteiger partial charge is 0.416 e. The normalized spacial score (nSPS) is 15.6. The number of aromatic nitrogens is 8. The molecule has 0 atom stereocenters. The molecule has 0 radical (unpaired) electrons. The van der Waals surface area contributed by atoms with Gasteiger partial charge >= 0.3 is 6.18 Å². The molecule has 40 nitrogen and oxygen atoms in total. The van der Waals surface area contributed by atoms with Crippen LogP contribution in [0.1, 0.15) is 112 Å². The number of carbonyl (C=O) groups excluding carboxylic acids is 4. The molecule has 8 N–H and O–H groups in total. The fourth-order valence-corrected chi connectivity index (χ4v) is 23.5. The molecule has 4 aliphatic heterocycles. The third-order valence-electron chi connectivity index (χ3n) is 23.8. The van der Waals surface area contributed by atoms with E-state index >= 15 is 0 Å². The van der Waals surface area contributed by atoms with Gasteiger partial charge in [-0.25, -0.2) is 60.0 Å². The van der Waals surface area contributed by atoms with Crippen LogP contribution in [-0.4, -0.2) is 217 Å². The number of sulfone groups is 4. The molecule has 8 heterocycles. The zero-order chi connectivity index (χ0) is 101. The maximum absolute atomic E-state index is 13.3. The van der Waals surface area contributed by atoms with E-state index in [0.29, 0.717) is 140 Å². The average Bonchev–Trinajstić information content (AvgIpc) is 0.980. The zero-order valence-corrected chi connectivity index (χ0v) is 79.4. The van der Waals surface area contributed by atoms with E-state index < -0.39 is 93.7 Å². The molecule has 756 valence electrons. The highest BCUT2D eigenvalue weighted by Crippen LogP contribution is 2.42. The van der Waals surface area contributed by atoms with Crippen molar-refractivity contribution in [2.75, 3.05) is 79.3 Å². The lowest BCUT2D eigenvalue weighted by molar-refractivity contribution is -0.138. The van der Waals surface area contributed by atoms with Gasteiger partial charge < -0.3 is 56.0 Å². The van der Waals surface area contributed by atoms with Crippen molar-refractivity contribution in [2.45, 2.75) is 154 Å². The maximum atomic E-state index is 13.3. The highest BCUT2D eigenvalue weighted by atomic mass is 32.2. The summed E-state index contributed by atoms with van der Waals surface area (Å²) in [7, 11) is -16.4. The summed E-state index contributed by atoms with van der Waals surface area (Å²) in [6, 6.07) is 50.7. The molecule has 0 unspecified atom stereocenters. The highest BCUT2D eigenvalue weighted by Gasteiger charge is 2.56. The van der Waals surface area contributed by atoms with Gasteiger partial charge in [0.2, 0.25) is 46.9 Å². The van der Waals surface area contributed by atoms with Crippen molar-refractivity contribution >= 4 is 63.0 Å². The van der Waals surface area contributed by atoms with E-state index in [9.17, 15) is 70.4 Å². The Morgan fingerprint density at radius 3 is 0.838 bits per heavy atom. The van der Waals surface area contributed by atoms with Crippen LogP contribution in [0.4, 0.5) is 17.6 Å². The number of benzene rings is 8. The molecular weight excluding hydrogens is 1950 g/mol. The van der Waals surface area contributed by atoms with Crippen LogP contribution >= 0.6 is 0 Å². The summed E-state index contributed by atoms with van der Waals surface area (Å²) in [5, 5.41) is 52.2. The number of amides is 4. The number of carbonyl (C=O) groups is 4. The van der Waals surface area contributed by atoms with Crippen molar-refractivity contribution < 1.29 is 147 Å². The summed E-state index contributed by atoms with van der Waals surface area (Å²) in [4.78, 5) is 66.4. The largest absolute Gasteiger partial charge is 0.494 e. The number of rotatable bonds is 36. The fourth-order valence-electron chi connectivity index (χ4n) is 15.8. The Morgan fingerprint density at radius 2 is 0.585 bits per heavy atom. The van der Waals surface area contributed by atoms with Gasteiger partial charge in [-0.15, -0.1) is 0 Å². The van der Waals surface area contributed by atoms with Gasteiger partial charge in [0.25, 0.3) is 23.6 Å². The topological polar surface area (TPSA) is 563 Å². The minimum Gasteiger partial charge on any atom is -0.494 e. The third-order valence-corrected chi connectivity index (χ3v) is 33.9. The number of hydrogen-bond donors (Lipinski definition) is 8. The molecule has 4 saturated heterocycles. The first-order valence-electron chi connectivity index (χ1n) is 44.6. The first-order valence-corrected chi connectivity index (χ1v) is 50.5. The summed E-state index contributed by atoms with van der Waals surface area (Å²) in [5.41, 5.74) is 9.12. The minimum atomic E-state index is -4.43. The van der Waals surface area contributed by atoms with Gasteiger partial charge in [0.1, 0.15) is 28.8 Å². The molecule has 8 aromatic carbocycles. The molecule has 12 aromatic rings. The number of halogens is 4. The molecule has 4 amide bonds. The van der Waals surface area contributed by atoms with Crippen molar-refractivity contribution in [3.63, 3.8) is 0 Å². The Hall–Kier alpha value is -13.4. The van der Waals surface area contributed by atoms with Crippen LogP contribution in [0, 0.1) is 12.7 Å². The monoisotopic (exact) mass is 2050 g/mol. The molecule has 4 fully saturated rings. The predicted molar refractivity (Wildman–Crippen MR) is 489 cm³/mol. The predicted octanol–water partition coefficient (Wildman–Crippen LogP) is 11.8. The Morgan fingerprint density at radius 1 is 0.338 bits per heavy atom. The second kappa shape index (κ2) is 47.9. The van der Waals surface area contributed by atoms with E-state index in [1.165, 1.54) is 131 Å². The number of aryl methyl sites for hydroxylation is 5. The van der Waals surface area contributed by atoms with Crippen molar-refractivity contribution in [3.8, 4) is 68.5 Å². The van der Waals surface area contributed by atoms with Crippen LogP contribution in [-0.2, 0) is 109 Å². The summed E-state index contributed by atoms with van der Waals surface area (Å²) in [5.74, 6) is 0.942. The van der Waals surface area contributed by atoms with E-state index in [0.717, 1.165) is 28.8 Å². The minimum absolute atomic E-state index is 0.0233. The summed E-state index contributed by atoms with van der Waals surface area (Å²) >= 11 is 0. The van der Waals surface area contributed by atoms with Crippen LogP contribution in [0.25, 0.3) is 45.6 Å². The Kier molecular flexibility index (Phi) is 35.7. The fraction of sp³-hybridized carbons (Fsp3) is 0.362. The first kappa shape index (κ1) is 106. The number of hydroxylamine groups is 4. The highest BCUT2D eigenvalue weighted by molar-refractivity contribution is 7.94. The van der Waals surface area contributed by atoms with Gasteiger partial charge in [0, 0.05) is 101 Å². The molecule has 0 spiro atoms. The van der Waals surface area contributed by atoms with Crippen LogP contribution in [0.3, 0.4) is 0 Å². The summed E-state index contributed by atoms with van der Waals surface area (Å²) in [6.45, 7) is 4.05. The van der Waals surface area contributed by atoms with E-state index in [-0.39, 0.29) is 148 Å². The van der Waals surface area contributed by atoms with Gasteiger partial charge in [-0.1, -0.05) is 86.9 Å². The SMILES string of the molecule is Cc1cccc(-c2noc(CCCOc3ccc(S(=O)(=O)C4(C(=O)NO)CCOCC4)cc3)n2)c1.O=C(NO)C1(S(=O)(=O)c2ccc(OCCCc3nc(-c4ccc(C(F)(F)F)cc4)no3)cc2)CCOCC1.O=C(NO)C1(S(=O)(=O)c2ccc(OCCCc3nc(-c4ccc(F)cc4)no3)cc2)CCOCC1.O=C(NO)C1(S(=O)(=O)c2ccc(OCCCc3nc(-c4ccccc4)no3)cc2)CCOCC1. The van der Waals surface area contributed by atoms with E-state index in [4.69, 9.17) is 76.8 Å². The standard InChI is InChI=1S/C24H24F3N3O7S.C24H27N3O7S.C23H24FN3O7S.C23H25N3O7S/c25-24(26,27)17-5-3-16(4-6-17)21-28-20(37-30-21)2-1-13-36-18-7-9-19(10-8-18)38(33,34)23(22(31)29-32)11-14-35-15-12-23;1-17-4-2-5-18(16-17)22-25-21(34-27-22)6-3-13-33-19-7-9-20(10-8-19)35(30,31)24(23(28)26-29)11-14-32-15-12-24;24-17-5-3-16(4-6-17)21-25-20(34-27-21)2-1-13-33-18-7-9-19(10-8-18)35(30,31)23(22(28)26-29)11-14-32-15-12-23;27-22(25-28)23(12-15-31-16-13-23)34(29,30)19-10-8-18(9-11-19)32-14-4-7-20-24-21(26-33-20)17-5-2-1-3-6-17/h3-10,32H,1-2,11-15H2,(H,29,31);2,4-5,7-10,16,29H,3,6,11-15H2,1H3,(H,26,28);3-10,29H,1-2,11-15H2,(H,26,28);1-3,5-6,8-11,28H,4,7,12-16H2,(H,25,27). The quantitative estimate of drug-likeness (QED) is 0.00782. The van der Waals surface area contributed by atoms with Crippen LogP contribution in [0.15, 0.2) is 238 Å². The van der Waals surface area contributed by atoms with Crippen LogP contribution < -0.4 is 40.9 Å². The molecule has 0 aliphatic carbocycles. The first-order chi connectivity index (χ1) is 68.2. The lowest BCUT2D eigenvalue weighted by Gasteiger charge is -2.34. The third kappa shape index (κ3) is 25.0. The molecular formula is C94H100F4N12O28S4. The lowest BCUT2D eigenvalue weighted by Crippen LogP contribution is -2.54. The van der Waals surface area contributed by atoms with Gasteiger partial charge in [0.15, 0.2) is 58.3 Å². The Labute approximate surface area is 811 Å². The molecule has 0 bridgehead atoms. The van der Waals surface area contributed by atoms with Gasteiger partial charge in [-0.05, 0) is 224 Å². The molecule has 4 aliphatic rings. The molecule has 16 rings (SSSR count). The van der Waals surface area contributed by atoms with Gasteiger partial charge in [-0.2, -0.15) is 33.1 Å². The number of hydrogen-bond acceptors (Lipinski definition) is 36. The molecule has 48 heteroatoms. The van der Waals surface area contributed by atoms with Crippen molar-refractivity contribution in [1.29, 1.82) is 0 Å². The second-order valence-electron chi connectivity index (χ2n) is 32.8. The molecule has 0 saturated carbocycles. The summed E-state index contributed by atoms with van der Waals surface area (Å²) in [6.07, 6.45) is -0.735. The molecule has 142 heavy (non-hydrogen) atoms. The van der Waals surface area contributed by atoms with Crippen LogP contribution in [0.2, 0.25) is 0 Å². The van der Waals surface area contributed by atoms with E-state index in [2.05, 4.69) is 40.6 Å². The van der Waals surface area contributed by atoms with Gasteiger partial charge in [-0.3, -0.25) is 40.0 Å². The number of ether oxygens (including phenoxy) is 8. The zero-order valence-electron chi connectivity index (χ0n) is 76.2. The lowest BCUT2D eigenvalue weighted by atomic mass is 9.98. The van der Waals surface area contributed by atoms with Crippen molar-refractivity contribution in [2.24, 2.45) is 0 Å². The molecule has 4 aromatic heterocycles. The Balaban J connectivity index is 0.000000159. The maximum Gasteiger partial charge on any atom is 0.416 e. The second-order valence-corrected chi connectivity index (χ2v) is 41.8. The van der Waals surface area contributed by atoms with Crippen molar-refractivity contribution in [3.05, 3.63) is 241 Å². The average molecular weight is 2050 g/mol. The van der Waals surface area contributed by atoms with Crippen LogP contribution in [0.5, 0.6) is 23.0 Å².